The molecule has 0 saturated carbocycles. The molecule has 1 aromatic rings. The lowest BCUT2D eigenvalue weighted by Gasteiger charge is -2.26. The fourth-order valence-corrected chi connectivity index (χ4v) is 3.82. The molecule has 1 aliphatic heterocycles. The lowest BCUT2D eigenvalue weighted by Crippen LogP contribution is -2.41. The highest BCUT2D eigenvalue weighted by atomic mass is 32.2. The van der Waals surface area contributed by atoms with E-state index < -0.39 is 0 Å². The standard InChI is InChI=1S/C15H22N2O3S2/c1-2-12(13-4-3-9-22-13)16-14(18)10-21-11-15(19)17-5-7-20-8-6-17/h3-4,9,12H,2,5-8,10-11H2,1H3,(H,16,18). The lowest BCUT2D eigenvalue weighted by molar-refractivity contribution is -0.132. The molecule has 1 saturated heterocycles. The van der Waals surface area contributed by atoms with E-state index >= 15 is 0 Å². The second-order valence-electron chi connectivity index (χ2n) is 5.03. The Morgan fingerprint density at radius 3 is 2.82 bits per heavy atom. The fraction of sp³-hybridized carbons (Fsp3) is 0.600. The molecule has 0 spiro atoms. The number of carbonyl (C=O) groups excluding carboxylic acids is 2. The van der Waals surface area contributed by atoms with Gasteiger partial charge in [0.1, 0.15) is 0 Å². The molecule has 0 radical (unpaired) electrons. The molecule has 7 heteroatoms. The lowest BCUT2D eigenvalue weighted by atomic mass is 10.2. The number of thiophene rings is 1. The smallest absolute Gasteiger partial charge is 0.232 e. The number of amides is 2. The molecule has 2 amide bonds. The second-order valence-corrected chi connectivity index (χ2v) is 6.99. The number of morpholine rings is 1. The molecule has 0 bridgehead atoms. The van der Waals surface area contributed by atoms with E-state index in [0.717, 1.165) is 6.42 Å². The van der Waals surface area contributed by atoms with Gasteiger partial charge in [-0.05, 0) is 17.9 Å². The Hall–Kier alpha value is -1.05. The molecule has 1 aliphatic rings. The van der Waals surface area contributed by atoms with Crippen LogP contribution in [-0.2, 0) is 14.3 Å². The average Bonchev–Trinajstić information content (AvgIpc) is 3.07. The van der Waals surface area contributed by atoms with Gasteiger partial charge in [0.25, 0.3) is 0 Å². The summed E-state index contributed by atoms with van der Waals surface area (Å²) in [6, 6.07) is 4.10. The zero-order chi connectivity index (χ0) is 15.8. The summed E-state index contributed by atoms with van der Waals surface area (Å²) in [6.45, 7) is 4.58. The van der Waals surface area contributed by atoms with Crippen LogP contribution in [0.2, 0.25) is 0 Å². The second kappa shape index (κ2) is 9.17. The van der Waals surface area contributed by atoms with Crippen LogP contribution < -0.4 is 5.32 Å². The number of carbonyl (C=O) groups is 2. The van der Waals surface area contributed by atoms with Crippen molar-refractivity contribution >= 4 is 34.9 Å². The first-order chi connectivity index (χ1) is 10.7. The maximum absolute atomic E-state index is 12.0. The number of ether oxygens (including phenoxy) is 1. The summed E-state index contributed by atoms with van der Waals surface area (Å²) in [4.78, 5) is 26.9. The van der Waals surface area contributed by atoms with Gasteiger partial charge in [0.05, 0.1) is 30.8 Å². The van der Waals surface area contributed by atoms with E-state index in [2.05, 4.69) is 12.2 Å². The Balaban J connectivity index is 1.67. The summed E-state index contributed by atoms with van der Waals surface area (Å²) in [5.41, 5.74) is 0. The topological polar surface area (TPSA) is 58.6 Å². The van der Waals surface area contributed by atoms with Gasteiger partial charge in [-0.15, -0.1) is 23.1 Å². The van der Waals surface area contributed by atoms with E-state index in [4.69, 9.17) is 4.74 Å². The number of nitrogens with zero attached hydrogens (tertiary/aromatic N) is 1. The molecular weight excluding hydrogens is 320 g/mol. The fourth-order valence-electron chi connectivity index (χ4n) is 2.23. The van der Waals surface area contributed by atoms with Gasteiger partial charge in [-0.3, -0.25) is 9.59 Å². The van der Waals surface area contributed by atoms with Gasteiger partial charge in [0.2, 0.25) is 11.8 Å². The molecule has 5 nitrogen and oxygen atoms in total. The van der Waals surface area contributed by atoms with Crippen molar-refractivity contribution in [2.24, 2.45) is 0 Å². The van der Waals surface area contributed by atoms with Gasteiger partial charge >= 0.3 is 0 Å². The predicted octanol–water partition coefficient (Wildman–Crippen LogP) is 1.91. The van der Waals surface area contributed by atoms with Gasteiger partial charge in [-0.2, -0.15) is 0 Å². The van der Waals surface area contributed by atoms with Gasteiger partial charge in [0, 0.05) is 18.0 Å². The van der Waals surface area contributed by atoms with Crippen LogP contribution in [0.4, 0.5) is 0 Å². The van der Waals surface area contributed by atoms with Crippen molar-refractivity contribution in [1.29, 1.82) is 0 Å². The van der Waals surface area contributed by atoms with Crippen LogP contribution in [0.3, 0.4) is 0 Å². The van der Waals surface area contributed by atoms with Crippen molar-refractivity contribution in [3.63, 3.8) is 0 Å². The zero-order valence-electron chi connectivity index (χ0n) is 12.7. The van der Waals surface area contributed by atoms with E-state index in [1.165, 1.54) is 16.6 Å². The van der Waals surface area contributed by atoms with Crippen LogP contribution in [0.25, 0.3) is 0 Å². The molecular formula is C15H22N2O3S2. The van der Waals surface area contributed by atoms with Crippen LogP contribution in [0.15, 0.2) is 17.5 Å². The van der Waals surface area contributed by atoms with Crippen LogP contribution in [0.5, 0.6) is 0 Å². The summed E-state index contributed by atoms with van der Waals surface area (Å²) >= 11 is 3.02. The number of thioether (sulfide) groups is 1. The van der Waals surface area contributed by atoms with Crippen LogP contribution in [0.1, 0.15) is 24.3 Å². The predicted molar refractivity (Wildman–Crippen MR) is 90.2 cm³/mol. The van der Waals surface area contributed by atoms with Gasteiger partial charge < -0.3 is 15.0 Å². The van der Waals surface area contributed by atoms with Crippen LogP contribution >= 0.6 is 23.1 Å². The first-order valence-electron chi connectivity index (χ1n) is 7.46. The van der Waals surface area contributed by atoms with Crippen LogP contribution in [-0.4, -0.2) is 54.5 Å². The number of hydrogen-bond acceptors (Lipinski definition) is 5. The zero-order valence-corrected chi connectivity index (χ0v) is 14.4. The molecule has 122 valence electrons. The number of hydrogen-bond donors (Lipinski definition) is 1. The minimum absolute atomic E-state index is 0.0139. The van der Waals surface area contributed by atoms with Crippen molar-refractivity contribution in [2.75, 3.05) is 37.8 Å². The maximum atomic E-state index is 12.0. The summed E-state index contributed by atoms with van der Waals surface area (Å²) in [6.07, 6.45) is 0.865. The molecule has 0 aromatic carbocycles. The minimum Gasteiger partial charge on any atom is -0.378 e. The minimum atomic E-state index is -0.0139. The molecule has 1 fully saturated rings. The molecule has 1 atom stereocenters. The normalized spacial score (nSPS) is 16.3. The quantitative estimate of drug-likeness (QED) is 0.822. The molecule has 1 aromatic heterocycles. The Kier molecular flexibility index (Phi) is 7.21. The van der Waals surface area contributed by atoms with Crippen molar-refractivity contribution < 1.29 is 14.3 Å². The third kappa shape index (κ3) is 5.30. The maximum Gasteiger partial charge on any atom is 0.232 e. The molecule has 22 heavy (non-hydrogen) atoms. The summed E-state index contributed by atoms with van der Waals surface area (Å²) in [7, 11) is 0. The van der Waals surface area contributed by atoms with Gasteiger partial charge in [0.15, 0.2) is 0 Å². The Morgan fingerprint density at radius 2 is 2.18 bits per heavy atom. The summed E-state index contributed by atoms with van der Waals surface area (Å²) in [5.74, 6) is 0.743. The van der Waals surface area contributed by atoms with E-state index in [9.17, 15) is 9.59 Å². The van der Waals surface area contributed by atoms with Gasteiger partial charge in [-0.25, -0.2) is 0 Å². The van der Waals surface area contributed by atoms with E-state index in [1.54, 1.807) is 16.2 Å². The molecule has 1 unspecified atom stereocenters. The van der Waals surface area contributed by atoms with Crippen molar-refractivity contribution in [3.8, 4) is 0 Å². The number of nitrogens with one attached hydrogen (secondary N) is 1. The third-order valence-electron chi connectivity index (χ3n) is 3.45. The Bertz CT molecular complexity index is 473. The molecule has 2 heterocycles. The third-order valence-corrected chi connectivity index (χ3v) is 5.36. The largest absolute Gasteiger partial charge is 0.378 e. The molecule has 2 rings (SSSR count). The van der Waals surface area contributed by atoms with Crippen molar-refractivity contribution in [1.82, 2.24) is 10.2 Å². The van der Waals surface area contributed by atoms with Crippen molar-refractivity contribution in [2.45, 2.75) is 19.4 Å². The first kappa shape index (κ1) is 17.3. The molecule has 1 N–H and O–H groups in total. The Labute approximate surface area is 139 Å². The monoisotopic (exact) mass is 342 g/mol. The van der Waals surface area contributed by atoms with E-state index in [1.807, 2.05) is 17.5 Å². The van der Waals surface area contributed by atoms with E-state index in [-0.39, 0.29) is 17.9 Å². The van der Waals surface area contributed by atoms with Crippen LogP contribution in [0, 0.1) is 0 Å². The molecule has 0 aliphatic carbocycles. The SMILES string of the molecule is CCC(NC(=O)CSCC(=O)N1CCOCC1)c1cccs1. The van der Waals surface area contributed by atoms with Crippen molar-refractivity contribution in [3.05, 3.63) is 22.4 Å². The summed E-state index contributed by atoms with van der Waals surface area (Å²) < 4.78 is 5.22. The average molecular weight is 342 g/mol. The highest BCUT2D eigenvalue weighted by Crippen LogP contribution is 2.21. The highest BCUT2D eigenvalue weighted by Gasteiger charge is 2.18. The first-order valence-corrected chi connectivity index (χ1v) is 9.50. The summed E-state index contributed by atoms with van der Waals surface area (Å²) in [5, 5.41) is 5.04. The highest BCUT2D eigenvalue weighted by molar-refractivity contribution is 8.00. The Morgan fingerprint density at radius 1 is 1.41 bits per heavy atom. The number of rotatable bonds is 7. The van der Waals surface area contributed by atoms with E-state index in [0.29, 0.717) is 37.8 Å². The van der Waals surface area contributed by atoms with Gasteiger partial charge in [-0.1, -0.05) is 13.0 Å².